The van der Waals surface area contributed by atoms with Crippen LogP contribution in [0.5, 0.6) is 11.6 Å². The van der Waals surface area contributed by atoms with Crippen molar-refractivity contribution >= 4 is 17.5 Å². The van der Waals surface area contributed by atoms with Gasteiger partial charge in [0.1, 0.15) is 5.75 Å². The van der Waals surface area contributed by atoms with Gasteiger partial charge in [-0.3, -0.25) is 4.79 Å². The third-order valence-electron chi connectivity index (χ3n) is 4.75. The number of ether oxygens (including phenoxy) is 2. The molecular weight excluding hydrogens is 398 g/mol. The second-order valence-electron chi connectivity index (χ2n) is 7.48. The van der Waals surface area contributed by atoms with E-state index in [9.17, 15) is 13.6 Å². The molecule has 2 aliphatic rings. The van der Waals surface area contributed by atoms with Gasteiger partial charge in [-0.1, -0.05) is 0 Å². The van der Waals surface area contributed by atoms with Gasteiger partial charge in [0.2, 0.25) is 11.8 Å². The van der Waals surface area contributed by atoms with Crippen molar-refractivity contribution in [1.29, 1.82) is 0 Å². The van der Waals surface area contributed by atoms with E-state index in [1.807, 2.05) is 4.90 Å². The summed E-state index contributed by atoms with van der Waals surface area (Å²) >= 11 is 0. The highest BCUT2D eigenvalue weighted by Crippen LogP contribution is 2.26. The smallest absolute Gasteiger partial charge is 0.278 e. The molecule has 11 heteroatoms. The Morgan fingerprint density at radius 2 is 1.93 bits per heavy atom. The molecule has 2 saturated heterocycles. The Morgan fingerprint density at radius 3 is 2.53 bits per heavy atom. The third kappa shape index (κ3) is 4.56. The van der Waals surface area contributed by atoms with Crippen LogP contribution in [0.2, 0.25) is 0 Å². The van der Waals surface area contributed by atoms with Crippen LogP contribution in [0.1, 0.15) is 13.3 Å². The van der Waals surface area contributed by atoms with E-state index in [0.29, 0.717) is 30.4 Å². The van der Waals surface area contributed by atoms with Crippen LogP contribution in [0.15, 0.2) is 30.7 Å². The van der Waals surface area contributed by atoms with Crippen molar-refractivity contribution in [3.8, 4) is 11.6 Å². The van der Waals surface area contributed by atoms with Gasteiger partial charge in [0, 0.05) is 45.1 Å². The standard InChI is InChI=1S/C19H22F2N6O3/c1-19(20,21)11-29-16-3-2-14(8-23-16)30-15-4-5-27(17(15)28)13-6-24-18(25-7-13)26-9-12(22)10-26/h2-3,6-8,12,15H,4-5,9-11,22H2,1H3/t15-/m1/s1. The summed E-state index contributed by atoms with van der Waals surface area (Å²) in [5.41, 5.74) is 6.37. The Hall–Kier alpha value is -3.08. The summed E-state index contributed by atoms with van der Waals surface area (Å²) in [6.07, 6.45) is 4.39. The van der Waals surface area contributed by atoms with Gasteiger partial charge in [-0.2, -0.15) is 0 Å². The van der Waals surface area contributed by atoms with Crippen molar-refractivity contribution in [3.05, 3.63) is 30.7 Å². The predicted molar refractivity (Wildman–Crippen MR) is 104 cm³/mol. The van der Waals surface area contributed by atoms with Gasteiger partial charge in [-0.05, 0) is 6.07 Å². The number of alkyl halides is 2. The van der Waals surface area contributed by atoms with E-state index in [-0.39, 0.29) is 17.8 Å². The van der Waals surface area contributed by atoms with Crippen LogP contribution in [-0.2, 0) is 4.79 Å². The lowest BCUT2D eigenvalue weighted by molar-refractivity contribution is -0.122. The van der Waals surface area contributed by atoms with Crippen molar-refractivity contribution in [2.45, 2.75) is 31.4 Å². The summed E-state index contributed by atoms with van der Waals surface area (Å²) in [5.74, 6) is -2.15. The molecule has 0 saturated carbocycles. The maximum atomic E-state index is 12.8. The molecule has 2 fully saturated rings. The molecule has 2 N–H and O–H groups in total. The fourth-order valence-corrected chi connectivity index (χ4v) is 3.20. The Morgan fingerprint density at radius 1 is 1.20 bits per heavy atom. The van der Waals surface area contributed by atoms with E-state index < -0.39 is 18.6 Å². The van der Waals surface area contributed by atoms with Crippen LogP contribution in [0.3, 0.4) is 0 Å². The molecule has 2 aromatic rings. The van der Waals surface area contributed by atoms with E-state index in [1.165, 1.54) is 18.3 Å². The van der Waals surface area contributed by atoms with Crippen molar-refractivity contribution < 1.29 is 23.0 Å². The number of aromatic nitrogens is 3. The summed E-state index contributed by atoms with van der Waals surface area (Å²) in [6, 6.07) is 3.10. The normalized spacial score (nSPS) is 19.7. The number of carbonyl (C=O) groups excluding carboxylic acids is 1. The van der Waals surface area contributed by atoms with Crippen LogP contribution in [-0.4, -0.2) is 65.2 Å². The second-order valence-corrected chi connectivity index (χ2v) is 7.48. The van der Waals surface area contributed by atoms with Gasteiger partial charge in [0.25, 0.3) is 11.8 Å². The fourth-order valence-electron chi connectivity index (χ4n) is 3.20. The third-order valence-corrected chi connectivity index (χ3v) is 4.75. The maximum absolute atomic E-state index is 12.8. The first-order chi connectivity index (χ1) is 14.3. The molecule has 1 amide bonds. The molecule has 30 heavy (non-hydrogen) atoms. The number of hydrogen-bond donors (Lipinski definition) is 1. The number of nitrogens with two attached hydrogens (primary N) is 1. The van der Waals surface area contributed by atoms with E-state index in [2.05, 4.69) is 15.0 Å². The summed E-state index contributed by atoms with van der Waals surface area (Å²) in [7, 11) is 0. The molecule has 2 aromatic heterocycles. The zero-order chi connectivity index (χ0) is 21.3. The highest BCUT2D eigenvalue weighted by molar-refractivity contribution is 5.98. The van der Waals surface area contributed by atoms with Gasteiger partial charge in [0.15, 0.2) is 12.7 Å². The van der Waals surface area contributed by atoms with Crippen molar-refractivity contribution in [3.63, 3.8) is 0 Å². The van der Waals surface area contributed by atoms with Gasteiger partial charge < -0.3 is 25.0 Å². The Labute approximate surface area is 171 Å². The SMILES string of the molecule is CC(F)(F)COc1ccc(O[C@@H]2CCN(c3cnc(N4CC(N)C4)nc3)C2=O)cn1. The molecule has 0 bridgehead atoms. The largest absolute Gasteiger partial charge is 0.479 e. The maximum Gasteiger partial charge on any atom is 0.278 e. The zero-order valence-corrected chi connectivity index (χ0v) is 16.4. The number of hydrogen-bond acceptors (Lipinski definition) is 8. The molecule has 4 heterocycles. The number of nitrogens with zero attached hydrogens (tertiary/aromatic N) is 5. The second kappa shape index (κ2) is 7.98. The highest BCUT2D eigenvalue weighted by atomic mass is 19.3. The molecular formula is C19H22F2N6O3. The molecule has 0 radical (unpaired) electrons. The average molecular weight is 420 g/mol. The van der Waals surface area contributed by atoms with E-state index in [1.54, 1.807) is 17.3 Å². The summed E-state index contributed by atoms with van der Waals surface area (Å²) in [4.78, 5) is 28.8. The lowest BCUT2D eigenvalue weighted by Crippen LogP contribution is -2.56. The lowest BCUT2D eigenvalue weighted by Gasteiger charge is -2.36. The number of anilines is 2. The molecule has 0 spiro atoms. The van der Waals surface area contributed by atoms with Gasteiger partial charge in [-0.25, -0.2) is 23.7 Å². The average Bonchev–Trinajstić information content (AvgIpc) is 3.05. The molecule has 2 aliphatic heterocycles. The van der Waals surface area contributed by atoms with Crippen molar-refractivity contribution in [1.82, 2.24) is 15.0 Å². The number of halogens is 2. The zero-order valence-electron chi connectivity index (χ0n) is 16.4. The lowest BCUT2D eigenvalue weighted by atomic mass is 10.1. The fraction of sp³-hybridized carbons (Fsp3) is 0.474. The van der Waals surface area contributed by atoms with Crippen LogP contribution in [0.4, 0.5) is 20.4 Å². The van der Waals surface area contributed by atoms with Crippen molar-refractivity contribution in [2.24, 2.45) is 5.73 Å². The Balaban J connectivity index is 1.33. The molecule has 160 valence electrons. The Kier molecular flexibility index (Phi) is 5.37. The first-order valence-electron chi connectivity index (χ1n) is 9.56. The predicted octanol–water partition coefficient (Wildman–Crippen LogP) is 1.24. The molecule has 0 aliphatic carbocycles. The molecule has 4 rings (SSSR count). The minimum atomic E-state index is -2.94. The minimum absolute atomic E-state index is 0.0589. The summed E-state index contributed by atoms with van der Waals surface area (Å²) in [6.45, 7) is 1.91. The van der Waals surface area contributed by atoms with E-state index in [0.717, 1.165) is 20.0 Å². The Bertz CT molecular complexity index is 885. The number of amides is 1. The first kappa shape index (κ1) is 20.2. The quantitative estimate of drug-likeness (QED) is 0.713. The van der Waals surface area contributed by atoms with Gasteiger partial charge in [-0.15, -0.1) is 0 Å². The highest BCUT2D eigenvalue weighted by Gasteiger charge is 2.35. The monoisotopic (exact) mass is 420 g/mol. The molecule has 0 unspecified atom stereocenters. The summed E-state index contributed by atoms with van der Waals surface area (Å²) in [5, 5.41) is 0. The topological polar surface area (TPSA) is 107 Å². The molecule has 1 atom stereocenters. The van der Waals surface area contributed by atoms with Crippen LogP contribution in [0, 0.1) is 0 Å². The van der Waals surface area contributed by atoms with Gasteiger partial charge >= 0.3 is 0 Å². The van der Waals surface area contributed by atoms with E-state index in [4.69, 9.17) is 15.2 Å². The van der Waals surface area contributed by atoms with Crippen LogP contribution >= 0.6 is 0 Å². The first-order valence-corrected chi connectivity index (χ1v) is 9.56. The van der Waals surface area contributed by atoms with Crippen LogP contribution < -0.4 is 25.0 Å². The number of pyridine rings is 1. The number of rotatable bonds is 7. The molecule has 0 aromatic carbocycles. The van der Waals surface area contributed by atoms with Crippen molar-refractivity contribution in [2.75, 3.05) is 36.0 Å². The number of carbonyl (C=O) groups is 1. The van der Waals surface area contributed by atoms with Crippen LogP contribution in [0.25, 0.3) is 0 Å². The van der Waals surface area contributed by atoms with E-state index >= 15 is 0 Å². The van der Waals surface area contributed by atoms with Gasteiger partial charge in [0.05, 0.1) is 24.3 Å². The molecule has 9 nitrogen and oxygen atoms in total. The minimum Gasteiger partial charge on any atom is -0.479 e. The summed E-state index contributed by atoms with van der Waals surface area (Å²) < 4.78 is 36.3.